The summed E-state index contributed by atoms with van der Waals surface area (Å²) < 4.78 is 21.5. The van der Waals surface area contributed by atoms with Crippen molar-refractivity contribution in [2.75, 3.05) is 33.7 Å². The standard InChI is InChI=1S/C23H34O7/c1-18(15-29-16-20-7-5-4-6-8-20)9-10-21(22(24)11-12-23(25)26)19(2)30-17-28-14-13-27-3/h4-8,19,21H,1,9-17H2,2-3H3,(H,25,26)/t19-,21-/m1/s1. The van der Waals surface area contributed by atoms with Crippen LogP contribution in [0.5, 0.6) is 0 Å². The summed E-state index contributed by atoms with van der Waals surface area (Å²) in [4.78, 5) is 23.4. The normalized spacial score (nSPS) is 13.0. The molecule has 1 aromatic rings. The molecule has 2 atom stereocenters. The van der Waals surface area contributed by atoms with Crippen LogP contribution in [0.15, 0.2) is 42.5 Å². The number of rotatable bonds is 18. The van der Waals surface area contributed by atoms with Crippen LogP contribution in [0.3, 0.4) is 0 Å². The Morgan fingerprint density at radius 1 is 1.07 bits per heavy atom. The van der Waals surface area contributed by atoms with Gasteiger partial charge in [0.05, 0.1) is 39.0 Å². The van der Waals surface area contributed by atoms with E-state index in [1.54, 1.807) is 14.0 Å². The molecule has 0 bridgehead atoms. The zero-order chi connectivity index (χ0) is 22.2. The van der Waals surface area contributed by atoms with Gasteiger partial charge in [-0.1, -0.05) is 42.5 Å². The number of aliphatic carboxylic acids is 1. The third-order valence-electron chi connectivity index (χ3n) is 4.64. The number of hydrogen-bond donors (Lipinski definition) is 1. The van der Waals surface area contributed by atoms with E-state index in [0.717, 1.165) is 11.1 Å². The van der Waals surface area contributed by atoms with Crippen molar-refractivity contribution in [3.05, 3.63) is 48.0 Å². The highest BCUT2D eigenvalue weighted by Crippen LogP contribution is 2.21. The Kier molecular flexibility index (Phi) is 13.6. The summed E-state index contributed by atoms with van der Waals surface area (Å²) in [5, 5.41) is 8.87. The van der Waals surface area contributed by atoms with E-state index in [1.807, 2.05) is 30.3 Å². The van der Waals surface area contributed by atoms with Gasteiger partial charge in [-0.25, -0.2) is 0 Å². The second-order valence-electron chi connectivity index (χ2n) is 7.12. The second kappa shape index (κ2) is 15.7. The van der Waals surface area contributed by atoms with E-state index in [4.69, 9.17) is 24.1 Å². The first-order chi connectivity index (χ1) is 14.4. The number of carboxylic acids is 1. The quantitative estimate of drug-likeness (QED) is 0.219. The Hall–Kier alpha value is -2.06. The first-order valence-electron chi connectivity index (χ1n) is 10.1. The maximum Gasteiger partial charge on any atom is 0.303 e. The van der Waals surface area contributed by atoms with Crippen LogP contribution in [-0.2, 0) is 35.1 Å². The van der Waals surface area contributed by atoms with Crippen LogP contribution < -0.4 is 0 Å². The molecule has 1 N–H and O–H groups in total. The van der Waals surface area contributed by atoms with Crippen LogP contribution in [0, 0.1) is 5.92 Å². The first-order valence-corrected chi connectivity index (χ1v) is 10.1. The molecule has 0 aliphatic heterocycles. The van der Waals surface area contributed by atoms with Crippen molar-refractivity contribution >= 4 is 11.8 Å². The van der Waals surface area contributed by atoms with E-state index in [9.17, 15) is 9.59 Å². The van der Waals surface area contributed by atoms with Gasteiger partial charge in [-0.3, -0.25) is 9.59 Å². The average molecular weight is 423 g/mol. The summed E-state index contributed by atoms with van der Waals surface area (Å²) >= 11 is 0. The largest absolute Gasteiger partial charge is 0.481 e. The van der Waals surface area contributed by atoms with Crippen molar-refractivity contribution in [3.63, 3.8) is 0 Å². The van der Waals surface area contributed by atoms with E-state index in [2.05, 4.69) is 6.58 Å². The minimum absolute atomic E-state index is 0.0186. The third-order valence-corrected chi connectivity index (χ3v) is 4.64. The lowest BCUT2D eigenvalue weighted by Gasteiger charge is -2.23. The number of carbonyl (C=O) groups is 2. The second-order valence-corrected chi connectivity index (χ2v) is 7.12. The number of ether oxygens (including phenoxy) is 4. The van der Waals surface area contributed by atoms with Crippen molar-refractivity contribution in [2.45, 2.75) is 45.3 Å². The van der Waals surface area contributed by atoms with Crippen LogP contribution >= 0.6 is 0 Å². The lowest BCUT2D eigenvalue weighted by Crippen LogP contribution is -2.30. The Bertz CT molecular complexity index is 630. The van der Waals surface area contributed by atoms with Crippen molar-refractivity contribution in [3.8, 4) is 0 Å². The van der Waals surface area contributed by atoms with E-state index >= 15 is 0 Å². The van der Waals surface area contributed by atoms with Gasteiger partial charge in [-0.2, -0.15) is 0 Å². The highest BCUT2D eigenvalue weighted by atomic mass is 16.7. The maximum atomic E-state index is 12.6. The molecule has 0 spiro atoms. The number of carboxylic acid groups (broad SMARTS) is 1. The van der Waals surface area contributed by atoms with Gasteiger partial charge < -0.3 is 24.1 Å². The predicted octanol–water partition coefficient (Wildman–Crippen LogP) is 3.62. The van der Waals surface area contributed by atoms with E-state index in [1.165, 1.54) is 0 Å². The molecule has 1 rings (SSSR count). The fourth-order valence-corrected chi connectivity index (χ4v) is 2.87. The highest BCUT2D eigenvalue weighted by molar-refractivity contribution is 5.84. The molecule has 30 heavy (non-hydrogen) atoms. The predicted molar refractivity (Wildman–Crippen MR) is 113 cm³/mol. The average Bonchev–Trinajstić information content (AvgIpc) is 2.73. The monoisotopic (exact) mass is 422 g/mol. The number of hydrogen-bond acceptors (Lipinski definition) is 6. The fourth-order valence-electron chi connectivity index (χ4n) is 2.87. The third kappa shape index (κ3) is 11.8. The molecule has 7 nitrogen and oxygen atoms in total. The Labute approximate surface area is 179 Å². The van der Waals surface area contributed by atoms with Gasteiger partial charge in [-0.05, 0) is 25.3 Å². The minimum Gasteiger partial charge on any atom is -0.481 e. The van der Waals surface area contributed by atoms with E-state index in [-0.39, 0.29) is 25.4 Å². The van der Waals surface area contributed by atoms with Gasteiger partial charge >= 0.3 is 5.97 Å². The van der Waals surface area contributed by atoms with Gasteiger partial charge in [0, 0.05) is 19.4 Å². The highest BCUT2D eigenvalue weighted by Gasteiger charge is 2.26. The summed E-state index contributed by atoms with van der Waals surface area (Å²) in [7, 11) is 1.58. The van der Waals surface area contributed by atoms with Crippen molar-refractivity contribution < 1.29 is 33.6 Å². The van der Waals surface area contributed by atoms with Gasteiger partial charge in [-0.15, -0.1) is 0 Å². The first kappa shape index (κ1) is 26.0. The SMILES string of the molecule is C=C(CC[C@@H](C(=O)CCC(=O)O)[C@@H](C)OCOCCOC)COCc1ccccc1. The van der Waals surface area contributed by atoms with Crippen LogP contribution in [0.4, 0.5) is 0 Å². The molecule has 0 aromatic heterocycles. The molecule has 0 amide bonds. The number of methoxy groups -OCH3 is 1. The molecule has 0 heterocycles. The van der Waals surface area contributed by atoms with Gasteiger partial charge in [0.15, 0.2) is 0 Å². The van der Waals surface area contributed by atoms with Crippen LogP contribution in [0.2, 0.25) is 0 Å². The van der Waals surface area contributed by atoms with E-state index < -0.39 is 18.0 Å². The zero-order valence-corrected chi connectivity index (χ0v) is 18.0. The van der Waals surface area contributed by atoms with Crippen molar-refractivity contribution in [1.82, 2.24) is 0 Å². The number of Topliss-reactive ketones (excluding diaryl/α,β-unsaturated/α-hetero) is 1. The Morgan fingerprint density at radius 2 is 1.80 bits per heavy atom. The molecule has 0 aliphatic rings. The zero-order valence-electron chi connectivity index (χ0n) is 18.0. The van der Waals surface area contributed by atoms with Crippen LogP contribution in [0.25, 0.3) is 0 Å². The van der Waals surface area contributed by atoms with E-state index in [0.29, 0.717) is 39.3 Å². The smallest absolute Gasteiger partial charge is 0.303 e. The number of carbonyl (C=O) groups excluding carboxylic acids is 1. The lowest BCUT2D eigenvalue weighted by molar-refractivity contribution is -0.143. The minimum atomic E-state index is -0.989. The van der Waals surface area contributed by atoms with Gasteiger partial charge in [0.25, 0.3) is 0 Å². The molecule has 1 aromatic carbocycles. The summed E-state index contributed by atoms with van der Waals surface area (Å²) in [5.74, 6) is -1.54. The maximum absolute atomic E-state index is 12.6. The summed E-state index contributed by atoms with van der Waals surface area (Å²) in [6.07, 6.45) is 0.511. The fraction of sp³-hybridized carbons (Fsp3) is 0.565. The van der Waals surface area contributed by atoms with Crippen LogP contribution in [-0.4, -0.2) is 56.7 Å². The summed E-state index contributed by atoms with van der Waals surface area (Å²) in [6, 6.07) is 9.86. The molecule has 0 saturated heterocycles. The van der Waals surface area contributed by atoms with Crippen molar-refractivity contribution in [2.24, 2.45) is 5.92 Å². The van der Waals surface area contributed by atoms with Crippen molar-refractivity contribution in [1.29, 1.82) is 0 Å². The van der Waals surface area contributed by atoms with Crippen LogP contribution in [0.1, 0.15) is 38.2 Å². The molecule has 0 radical (unpaired) electrons. The molecular weight excluding hydrogens is 388 g/mol. The Morgan fingerprint density at radius 3 is 2.47 bits per heavy atom. The summed E-state index contributed by atoms with van der Waals surface area (Å²) in [6.45, 7) is 7.65. The number of benzene rings is 1. The molecular formula is C23H34O7. The van der Waals surface area contributed by atoms with Gasteiger partial charge in [0.2, 0.25) is 0 Å². The topological polar surface area (TPSA) is 91.3 Å². The molecule has 0 aliphatic carbocycles. The molecule has 7 heteroatoms. The summed E-state index contributed by atoms with van der Waals surface area (Å²) in [5.41, 5.74) is 1.97. The molecule has 0 fully saturated rings. The van der Waals surface area contributed by atoms with Gasteiger partial charge in [0.1, 0.15) is 12.6 Å². The lowest BCUT2D eigenvalue weighted by atomic mass is 9.89. The molecule has 0 unspecified atom stereocenters. The molecule has 0 saturated carbocycles. The number of ketones is 1. The Balaban J connectivity index is 2.46. The molecule has 168 valence electrons.